The molecule has 236 valence electrons. The Morgan fingerprint density at radius 3 is 2.49 bits per heavy atom. The van der Waals surface area contributed by atoms with Crippen molar-refractivity contribution in [2.45, 2.75) is 75.6 Å². The van der Waals surface area contributed by atoms with Crippen molar-refractivity contribution in [3.05, 3.63) is 60.2 Å². The van der Waals surface area contributed by atoms with Gasteiger partial charge in [0.2, 0.25) is 10.0 Å². The van der Waals surface area contributed by atoms with Gasteiger partial charge in [-0.05, 0) is 67.9 Å². The largest absolute Gasteiger partial charge is 0.497 e. The number of methoxy groups -OCH3 is 1. The zero-order chi connectivity index (χ0) is 30.7. The predicted octanol–water partition coefficient (Wildman–Crippen LogP) is 3.83. The quantitative estimate of drug-likeness (QED) is 0.369. The SMILES string of the molecule is COc1ccc(S(=O)(=O)N(CC(C)C)C[C@@H](O)[C@H](Cc2ccccc2)NC(=O)O[C@H]2CC3CO[C@H]4O[C@H](C)CC2[C@@H]34)cc1. The van der Waals surface area contributed by atoms with E-state index in [9.17, 15) is 18.3 Å². The second kappa shape index (κ2) is 13.5. The molecule has 0 radical (unpaired) electrons. The van der Waals surface area contributed by atoms with Gasteiger partial charge in [-0.15, -0.1) is 0 Å². The van der Waals surface area contributed by atoms with Gasteiger partial charge in [0, 0.05) is 24.9 Å². The van der Waals surface area contributed by atoms with Crippen LogP contribution in [0.25, 0.3) is 0 Å². The number of ether oxygens (including phenoxy) is 4. The lowest BCUT2D eigenvalue weighted by atomic mass is 9.84. The van der Waals surface area contributed by atoms with Crippen molar-refractivity contribution in [2.75, 3.05) is 26.8 Å². The van der Waals surface area contributed by atoms with E-state index in [2.05, 4.69) is 5.32 Å². The van der Waals surface area contributed by atoms with Gasteiger partial charge < -0.3 is 29.4 Å². The number of aliphatic hydroxyl groups excluding tert-OH is 1. The minimum atomic E-state index is -3.94. The number of rotatable bonds is 12. The maximum absolute atomic E-state index is 13.7. The average Bonchev–Trinajstić information content (AvgIpc) is 3.54. The molecule has 8 atom stereocenters. The summed E-state index contributed by atoms with van der Waals surface area (Å²) < 4.78 is 51.7. The molecular weight excluding hydrogens is 572 g/mol. The third-order valence-electron chi connectivity index (χ3n) is 8.79. The van der Waals surface area contributed by atoms with Gasteiger partial charge in [0.15, 0.2) is 6.29 Å². The molecule has 3 fully saturated rings. The molecule has 43 heavy (non-hydrogen) atoms. The number of nitrogens with one attached hydrogen (secondary N) is 1. The van der Waals surface area contributed by atoms with Crippen molar-refractivity contribution in [3.8, 4) is 5.75 Å². The number of carbonyl (C=O) groups is 1. The fraction of sp³-hybridized carbons (Fsp3) is 0.594. The van der Waals surface area contributed by atoms with E-state index in [1.54, 1.807) is 12.1 Å². The molecular formula is C32H44N2O8S. The number of alkyl carbamates (subject to hydrolysis) is 1. The molecule has 2 aliphatic heterocycles. The normalized spacial score (nSPS) is 28.0. The molecule has 2 heterocycles. The Balaban J connectivity index is 1.32. The Morgan fingerprint density at radius 2 is 1.81 bits per heavy atom. The van der Waals surface area contributed by atoms with Gasteiger partial charge in [-0.1, -0.05) is 44.2 Å². The number of nitrogens with zero attached hydrogens (tertiary/aromatic N) is 1. The second-order valence-electron chi connectivity index (χ2n) is 12.5. The Labute approximate surface area is 254 Å². The molecule has 0 aromatic heterocycles. The number of carbonyl (C=O) groups excluding carboxylic acids is 1. The zero-order valence-electron chi connectivity index (χ0n) is 25.3. The summed E-state index contributed by atoms with van der Waals surface area (Å²) in [6.45, 7) is 6.45. The van der Waals surface area contributed by atoms with E-state index < -0.39 is 28.3 Å². The van der Waals surface area contributed by atoms with E-state index in [4.69, 9.17) is 18.9 Å². The predicted molar refractivity (Wildman–Crippen MR) is 160 cm³/mol. The number of amides is 1. The lowest BCUT2D eigenvalue weighted by Crippen LogP contribution is -2.52. The summed E-state index contributed by atoms with van der Waals surface area (Å²) in [4.78, 5) is 13.5. The first-order chi connectivity index (χ1) is 20.5. The lowest BCUT2D eigenvalue weighted by Gasteiger charge is -2.36. The molecule has 0 bridgehead atoms. The molecule has 2 saturated heterocycles. The highest BCUT2D eigenvalue weighted by Gasteiger charge is 2.56. The number of hydrogen-bond acceptors (Lipinski definition) is 8. The van der Waals surface area contributed by atoms with Crippen LogP contribution in [-0.2, 0) is 30.7 Å². The van der Waals surface area contributed by atoms with Crippen molar-refractivity contribution in [1.29, 1.82) is 0 Å². The van der Waals surface area contributed by atoms with Gasteiger partial charge in [0.1, 0.15) is 11.9 Å². The summed E-state index contributed by atoms with van der Waals surface area (Å²) in [5.41, 5.74) is 0.897. The Bertz CT molecular complexity index is 1320. The van der Waals surface area contributed by atoms with Crippen LogP contribution in [0.1, 0.15) is 39.2 Å². The van der Waals surface area contributed by atoms with Crippen LogP contribution in [0.2, 0.25) is 0 Å². The van der Waals surface area contributed by atoms with E-state index in [1.165, 1.54) is 23.5 Å². The van der Waals surface area contributed by atoms with Gasteiger partial charge >= 0.3 is 6.09 Å². The molecule has 2 aromatic rings. The molecule has 2 N–H and O–H groups in total. The maximum Gasteiger partial charge on any atom is 0.407 e. The fourth-order valence-electron chi connectivity index (χ4n) is 6.79. The highest BCUT2D eigenvalue weighted by atomic mass is 32.2. The van der Waals surface area contributed by atoms with Gasteiger partial charge in [0.05, 0.1) is 36.9 Å². The van der Waals surface area contributed by atoms with E-state index in [0.29, 0.717) is 31.1 Å². The summed E-state index contributed by atoms with van der Waals surface area (Å²) in [6, 6.07) is 14.9. The fourth-order valence-corrected chi connectivity index (χ4v) is 8.41. The second-order valence-corrected chi connectivity index (χ2v) is 14.4. The van der Waals surface area contributed by atoms with Crippen molar-refractivity contribution in [3.63, 3.8) is 0 Å². The number of hydrogen-bond donors (Lipinski definition) is 2. The van der Waals surface area contributed by atoms with Crippen LogP contribution < -0.4 is 10.1 Å². The number of sulfonamides is 1. The first kappa shape index (κ1) is 31.7. The lowest BCUT2D eigenvalue weighted by molar-refractivity contribution is -0.201. The van der Waals surface area contributed by atoms with E-state index in [-0.39, 0.29) is 54.2 Å². The smallest absolute Gasteiger partial charge is 0.407 e. The third kappa shape index (κ3) is 7.34. The van der Waals surface area contributed by atoms with Crippen LogP contribution in [0, 0.1) is 23.7 Å². The standard InChI is InChI=1S/C32H44N2O8S/c1-20(2)17-34(43(37,38)25-12-10-24(39-4)11-13-25)18-28(35)27(15-22-8-6-5-7-9-22)33-32(36)42-29-16-23-19-40-31-30(23)26(29)14-21(3)41-31/h5-13,20-21,23,26-31,35H,14-19H2,1-4H3,(H,33,36)/t21-,23?,26?,27+,28-,29+,30-,31+/m1/s1. The van der Waals surface area contributed by atoms with Crippen LogP contribution in [-0.4, -0.2) is 81.4 Å². The molecule has 5 rings (SSSR count). The Hall–Kier alpha value is -2.70. The van der Waals surface area contributed by atoms with Crippen LogP contribution in [0.5, 0.6) is 5.75 Å². The maximum atomic E-state index is 13.7. The molecule has 1 aliphatic carbocycles. The molecule has 10 nitrogen and oxygen atoms in total. The number of benzene rings is 2. The minimum absolute atomic E-state index is 0.00205. The van der Waals surface area contributed by atoms with Crippen LogP contribution >= 0.6 is 0 Å². The van der Waals surface area contributed by atoms with Crippen molar-refractivity contribution < 1.29 is 37.3 Å². The van der Waals surface area contributed by atoms with E-state index in [1.807, 2.05) is 51.1 Å². The van der Waals surface area contributed by atoms with Crippen molar-refractivity contribution in [2.24, 2.45) is 23.7 Å². The summed E-state index contributed by atoms with van der Waals surface area (Å²) in [7, 11) is -2.43. The average molecular weight is 617 g/mol. The Kier molecular flexibility index (Phi) is 9.97. The first-order valence-corrected chi connectivity index (χ1v) is 16.6. The highest BCUT2D eigenvalue weighted by Crippen LogP contribution is 2.51. The van der Waals surface area contributed by atoms with Gasteiger partial charge in [0.25, 0.3) is 0 Å². The van der Waals surface area contributed by atoms with E-state index in [0.717, 1.165) is 12.0 Å². The van der Waals surface area contributed by atoms with E-state index >= 15 is 0 Å². The van der Waals surface area contributed by atoms with Gasteiger partial charge in [-0.25, -0.2) is 13.2 Å². The monoisotopic (exact) mass is 616 g/mol. The van der Waals surface area contributed by atoms with Crippen LogP contribution in [0.3, 0.4) is 0 Å². The first-order valence-electron chi connectivity index (χ1n) is 15.2. The third-order valence-corrected chi connectivity index (χ3v) is 10.6. The highest BCUT2D eigenvalue weighted by molar-refractivity contribution is 7.89. The van der Waals surface area contributed by atoms with Crippen molar-refractivity contribution in [1.82, 2.24) is 9.62 Å². The molecule has 2 unspecified atom stereocenters. The molecule has 2 aromatic carbocycles. The molecule has 3 aliphatic rings. The summed E-state index contributed by atoms with van der Waals surface area (Å²) in [6.07, 6.45) is -0.512. The van der Waals surface area contributed by atoms with Gasteiger partial charge in [-0.3, -0.25) is 0 Å². The Morgan fingerprint density at radius 1 is 1.09 bits per heavy atom. The number of aliphatic hydroxyl groups is 1. The molecule has 1 amide bonds. The van der Waals surface area contributed by atoms with Crippen LogP contribution in [0.4, 0.5) is 4.79 Å². The van der Waals surface area contributed by atoms with Crippen molar-refractivity contribution >= 4 is 16.1 Å². The molecule has 1 saturated carbocycles. The molecule has 11 heteroatoms. The summed E-state index contributed by atoms with van der Waals surface area (Å²) in [5.74, 6) is 1.21. The topological polar surface area (TPSA) is 124 Å². The van der Waals surface area contributed by atoms with Gasteiger partial charge in [-0.2, -0.15) is 4.31 Å². The summed E-state index contributed by atoms with van der Waals surface area (Å²) >= 11 is 0. The van der Waals surface area contributed by atoms with Crippen LogP contribution in [0.15, 0.2) is 59.5 Å². The zero-order valence-corrected chi connectivity index (χ0v) is 26.1. The minimum Gasteiger partial charge on any atom is -0.497 e. The molecule has 0 spiro atoms. The summed E-state index contributed by atoms with van der Waals surface area (Å²) in [5, 5.41) is 14.4.